The predicted octanol–water partition coefficient (Wildman–Crippen LogP) is 4.80. The van der Waals surface area contributed by atoms with Crippen LogP contribution in [0.2, 0.25) is 0 Å². The second kappa shape index (κ2) is 11.2. The molecule has 5 nitrogen and oxygen atoms in total. The normalized spacial score (nSPS) is 11.2. The van der Waals surface area contributed by atoms with Crippen molar-refractivity contribution in [2.24, 2.45) is 0 Å². The molecule has 7 heteroatoms. The van der Waals surface area contributed by atoms with Gasteiger partial charge in [0, 0.05) is 11.4 Å². The lowest BCUT2D eigenvalue weighted by atomic mass is 10.1. The minimum atomic E-state index is -3.89. The number of hydrogen-bond donors (Lipinski definition) is 1. The third-order valence-electron chi connectivity index (χ3n) is 5.12. The Balaban J connectivity index is 1.69. The zero-order valence-corrected chi connectivity index (χ0v) is 20.0. The number of hydrogen-bond acceptors (Lipinski definition) is 4. The third-order valence-corrected chi connectivity index (χ3v) is 7.99. The number of amides is 1. The molecule has 0 aliphatic carbocycles. The number of aryl methyl sites for hydroxylation is 1. The molecule has 0 aromatic heterocycles. The Morgan fingerprint density at radius 1 is 0.906 bits per heavy atom. The van der Waals surface area contributed by atoms with Gasteiger partial charge < -0.3 is 5.32 Å². The zero-order chi connectivity index (χ0) is 23.0. The summed E-state index contributed by atoms with van der Waals surface area (Å²) in [5, 5.41) is 2.87. The van der Waals surface area contributed by atoms with Crippen LogP contribution in [0, 0.1) is 13.8 Å². The minimum absolute atomic E-state index is 0.160. The fourth-order valence-electron chi connectivity index (χ4n) is 3.22. The first-order chi connectivity index (χ1) is 15.4. The van der Waals surface area contributed by atoms with Crippen LogP contribution in [-0.4, -0.2) is 33.2 Å². The third kappa shape index (κ3) is 6.14. The van der Waals surface area contributed by atoms with Crippen LogP contribution >= 0.6 is 11.8 Å². The maximum atomic E-state index is 13.4. The van der Waals surface area contributed by atoms with Gasteiger partial charge in [-0.15, -0.1) is 11.8 Å². The van der Waals surface area contributed by atoms with Gasteiger partial charge >= 0.3 is 0 Å². The summed E-state index contributed by atoms with van der Waals surface area (Å²) >= 11 is 1.73. The molecule has 0 saturated carbocycles. The van der Waals surface area contributed by atoms with E-state index in [1.807, 2.05) is 44.2 Å². The summed E-state index contributed by atoms with van der Waals surface area (Å²) in [6, 6.07) is 23.8. The van der Waals surface area contributed by atoms with Crippen molar-refractivity contribution in [2.75, 3.05) is 23.1 Å². The second-order valence-electron chi connectivity index (χ2n) is 7.41. The van der Waals surface area contributed by atoms with Crippen LogP contribution in [0.4, 0.5) is 5.69 Å². The SMILES string of the molecule is Cc1cccc(N(CC(=O)NCCCSc2ccccc2)S(=O)(=O)c2ccccc2)c1C. The van der Waals surface area contributed by atoms with Gasteiger partial charge in [-0.25, -0.2) is 8.42 Å². The molecule has 0 unspecified atom stereocenters. The quantitative estimate of drug-likeness (QED) is 0.343. The molecule has 0 fully saturated rings. The number of anilines is 1. The number of nitrogens with one attached hydrogen (secondary N) is 1. The summed E-state index contributed by atoms with van der Waals surface area (Å²) in [6.45, 7) is 4.02. The van der Waals surface area contributed by atoms with Gasteiger partial charge in [0.05, 0.1) is 10.6 Å². The smallest absolute Gasteiger partial charge is 0.264 e. The van der Waals surface area contributed by atoms with E-state index in [1.165, 1.54) is 9.20 Å². The maximum absolute atomic E-state index is 13.4. The zero-order valence-electron chi connectivity index (χ0n) is 18.3. The number of benzene rings is 3. The van der Waals surface area contributed by atoms with E-state index in [0.717, 1.165) is 23.3 Å². The highest BCUT2D eigenvalue weighted by Crippen LogP contribution is 2.28. The number of nitrogens with zero attached hydrogens (tertiary/aromatic N) is 1. The van der Waals surface area contributed by atoms with Crippen LogP contribution in [-0.2, 0) is 14.8 Å². The Morgan fingerprint density at radius 2 is 1.56 bits per heavy atom. The molecule has 32 heavy (non-hydrogen) atoms. The van der Waals surface area contributed by atoms with Crippen molar-refractivity contribution in [1.29, 1.82) is 0 Å². The number of sulfonamides is 1. The predicted molar refractivity (Wildman–Crippen MR) is 132 cm³/mol. The topological polar surface area (TPSA) is 66.5 Å². The van der Waals surface area contributed by atoms with Crippen molar-refractivity contribution in [3.8, 4) is 0 Å². The number of thioether (sulfide) groups is 1. The average Bonchev–Trinajstić information content (AvgIpc) is 2.80. The summed E-state index contributed by atoms with van der Waals surface area (Å²) in [5.41, 5.74) is 2.32. The van der Waals surface area contributed by atoms with Crippen LogP contribution in [0.25, 0.3) is 0 Å². The lowest BCUT2D eigenvalue weighted by Crippen LogP contribution is -2.41. The lowest BCUT2D eigenvalue weighted by Gasteiger charge is -2.26. The fraction of sp³-hybridized carbons (Fsp3) is 0.240. The molecule has 3 rings (SSSR count). The molecular formula is C25H28N2O3S2. The van der Waals surface area contributed by atoms with Crippen LogP contribution in [0.5, 0.6) is 0 Å². The summed E-state index contributed by atoms with van der Waals surface area (Å²) in [6.07, 6.45) is 0.792. The van der Waals surface area contributed by atoms with Gasteiger partial charge in [0.1, 0.15) is 6.54 Å². The van der Waals surface area contributed by atoms with E-state index < -0.39 is 10.0 Å². The molecule has 0 aliphatic rings. The first-order valence-corrected chi connectivity index (χ1v) is 12.9. The van der Waals surface area contributed by atoms with Crippen molar-refractivity contribution in [2.45, 2.75) is 30.1 Å². The van der Waals surface area contributed by atoms with Crippen molar-refractivity contribution in [1.82, 2.24) is 5.32 Å². The Bertz CT molecular complexity index is 1130. The van der Waals surface area contributed by atoms with Crippen LogP contribution in [0.3, 0.4) is 0 Å². The number of rotatable bonds is 10. The molecule has 3 aromatic carbocycles. The van der Waals surface area contributed by atoms with Crippen LogP contribution in [0.15, 0.2) is 88.7 Å². The molecular weight excluding hydrogens is 440 g/mol. The maximum Gasteiger partial charge on any atom is 0.264 e. The Labute approximate surface area is 194 Å². The molecule has 0 bridgehead atoms. The van der Waals surface area contributed by atoms with Gasteiger partial charge in [-0.05, 0) is 67.5 Å². The summed E-state index contributed by atoms with van der Waals surface area (Å²) in [5.74, 6) is 0.544. The van der Waals surface area contributed by atoms with Crippen molar-refractivity contribution >= 4 is 33.4 Å². The van der Waals surface area contributed by atoms with Gasteiger partial charge in [0.15, 0.2) is 0 Å². The Kier molecular flexibility index (Phi) is 8.36. The van der Waals surface area contributed by atoms with E-state index in [-0.39, 0.29) is 17.3 Å². The number of carbonyl (C=O) groups excluding carboxylic acids is 1. The highest BCUT2D eigenvalue weighted by molar-refractivity contribution is 7.99. The second-order valence-corrected chi connectivity index (χ2v) is 10.4. The van der Waals surface area contributed by atoms with E-state index in [9.17, 15) is 13.2 Å². The van der Waals surface area contributed by atoms with Gasteiger partial charge in [0.2, 0.25) is 5.91 Å². The summed E-state index contributed by atoms with van der Waals surface area (Å²) in [7, 11) is -3.89. The molecule has 1 amide bonds. The van der Waals surface area contributed by atoms with E-state index in [2.05, 4.69) is 17.4 Å². The van der Waals surface area contributed by atoms with Gasteiger partial charge in [-0.3, -0.25) is 9.10 Å². The molecule has 0 saturated heterocycles. The molecule has 0 radical (unpaired) electrons. The summed E-state index contributed by atoms with van der Waals surface area (Å²) in [4.78, 5) is 14.1. The van der Waals surface area contributed by atoms with Crippen molar-refractivity contribution in [3.63, 3.8) is 0 Å². The minimum Gasteiger partial charge on any atom is -0.354 e. The number of carbonyl (C=O) groups is 1. The molecule has 0 atom stereocenters. The molecule has 168 valence electrons. The summed E-state index contributed by atoms with van der Waals surface area (Å²) < 4.78 is 28.0. The standard InChI is InChI=1S/C25H28N2O3S2/c1-20-11-9-16-24(21(20)2)27(32(29,30)23-14-7-4-8-15-23)19-25(28)26-17-10-18-31-22-12-5-3-6-13-22/h3-9,11-16H,10,17-19H2,1-2H3,(H,26,28). The van der Waals surface area contributed by atoms with E-state index >= 15 is 0 Å². The van der Waals surface area contributed by atoms with E-state index in [1.54, 1.807) is 48.2 Å². The van der Waals surface area contributed by atoms with Gasteiger partial charge in [-0.2, -0.15) is 0 Å². The van der Waals surface area contributed by atoms with E-state index in [4.69, 9.17) is 0 Å². The van der Waals surface area contributed by atoms with Crippen LogP contribution < -0.4 is 9.62 Å². The molecule has 0 heterocycles. The highest BCUT2D eigenvalue weighted by atomic mass is 32.2. The lowest BCUT2D eigenvalue weighted by molar-refractivity contribution is -0.119. The Morgan fingerprint density at radius 3 is 2.25 bits per heavy atom. The van der Waals surface area contributed by atoms with Crippen LogP contribution in [0.1, 0.15) is 17.5 Å². The van der Waals surface area contributed by atoms with Gasteiger partial charge in [-0.1, -0.05) is 48.5 Å². The molecule has 1 N–H and O–H groups in total. The average molecular weight is 469 g/mol. The van der Waals surface area contributed by atoms with E-state index in [0.29, 0.717) is 12.2 Å². The van der Waals surface area contributed by atoms with Crippen molar-refractivity contribution < 1.29 is 13.2 Å². The van der Waals surface area contributed by atoms with Gasteiger partial charge in [0.25, 0.3) is 10.0 Å². The molecule has 0 spiro atoms. The fourth-order valence-corrected chi connectivity index (χ4v) is 5.59. The first-order valence-electron chi connectivity index (χ1n) is 10.5. The highest BCUT2D eigenvalue weighted by Gasteiger charge is 2.28. The molecule has 0 aliphatic heterocycles. The first kappa shape index (κ1) is 23.9. The Hall–Kier alpha value is -2.77. The largest absolute Gasteiger partial charge is 0.354 e. The van der Waals surface area contributed by atoms with Crippen molar-refractivity contribution in [3.05, 3.63) is 90.0 Å². The monoisotopic (exact) mass is 468 g/mol. The molecule has 3 aromatic rings.